The summed E-state index contributed by atoms with van der Waals surface area (Å²) in [7, 11) is -3.71. The summed E-state index contributed by atoms with van der Waals surface area (Å²) >= 11 is 3.38. The minimum absolute atomic E-state index is 0.0562. The quantitative estimate of drug-likeness (QED) is 0.702. The van der Waals surface area contributed by atoms with Crippen LogP contribution < -0.4 is 10.0 Å². The van der Waals surface area contributed by atoms with Crippen LogP contribution in [0.1, 0.15) is 28.8 Å². The molecule has 0 aromatic heterocycles. The summed E-state index contributed by atoms with van der Waals surface area (Å²) in [4.78, 5) is 12.6. The summed E-state index contributed by atoms with van der Waals surface area (Å²) in [5.41, 5.74) is 1.85. The second kappa shape index (κ2) is 8.52. The molecule has 0 bridgehead atoms. The molecule has 2 aromatic carbocycles. The van der Waals surface area contributed by atoms with E-state index < -0.39 is 10.0 Å². The van der Waals surface area contributed by atoms with Gasteiger partial charge in [-0.1, -0.05) is 22.0 Å². The molecule has 0 aliphatic carbocycles. The van der Waals surface area contributed by atoms with Crippen molar-refractivity contribution in [3.8, 4) is 0 Å². The van der Waals surface area contributed by atoms with E-state index in [1.54, 1.807) is 18.2 Å². The van der Waals surface area contributed by atoms with Gasteiger partial charge in [-0.25, -0.2) is 13.1 Å². The van der Waals surface area contributed by atoms with Crippen molar-refractivity contribution >= 4 is 37.5 Å². The van der Waals surface area contributed by atoms with Crippen LogP contribution in [-0.4, -0.2) is 33.6 Å². The highest BCUT2D eigenvalue weighted by atomic mass is 79.9. The molecule has 0 spiro atoms. The molecule has 8 heteroatoms. The summed E-state index contributed by atoms with van der Waals surface area (Å²) in [6, 6.07) is 11.5. The van der Waals surface area contributed by atoms with Gasteiger partial charge in [-0.15, -0.1) is 0 Å². The van der Waals surface area contributed by atoms with Gasteiger partial charge in [0.2, 0.25) is 10.0 Å². The van der Waals surface area contributed by atoms with E-state index in [2.05, 4.69) is 26.0 Å². The Morgan fingerprint density at radius 3 is 2.78 bits per heavy atom. The molecule has 0 saturated carbocycles. The van der Waals surface area contributed by atoms with Crippen molar-refractivity contribution < 1.29 is 17.9 Å². The van der Waals surface area contributed by atoms with Gasteiger partial charge < -0.3 is 10.1 Å². The first-order valence-corrected chi connectivity index (χ1v) is 10.9. The van der Waals surface area contributed by atoms with Gasteiger partial charge in [0, 0.05) is 28.9 Å². The van der Waals surface area contributed by atoms with Gasteiger partial charge in [-0.2, -0.15) is 0 Å². The van der Waals surface area contributed by atoms with Gasteiger partial charge in [-0.05, 0) is 61.7 Å². The first-order valence-electron chi connectivity index (χ1n) is 8.64. The molecule has 0 radical (unpaired) electrons. The summed E-state index contributed by atoms with van der Waals surface area (Å²) in [6.07, 6.45) is 1.70. The number of benzene rings is 2. The molecule has 1 amide bonds. The van der Waals surface area contributed by atoms with Crippen molar-refractivity contribution in [3.63, 3.8) is 0 Å². The Morgan fingerprint density at radius 2 is 2.07 bits per heavy atom. The van der Waals surface area contributed by atoms with Gasteiger partial charge in [0.25, 0.3) is 5.91 Å². The van der Waals surface area contributed by atoms with E-state index in [1.807, 2.05) is 19.1 Å². The van der Waals surface area contributed by atoms with Crippen molar-refractivity contribution in [1.82, 2.24) is 4.72 Å². The van der Waals surface area contributed by atoms with Crippen molar-refractivity contribution in [1.29, 1.82) is 0 Å². The second-order valence-electron chi connectivity index (χ2n) is 6.43. The van der Waals surface area contributed by atoms with Crippen LogP contribution in [0.3, 0.4) is 0 Å². The van der Waals surface area contributed by atoms with Gasteiger partial charge in [-0.3, -0.25) is 4.79 Å². The van der Waals surface area contributed by atoms with Crippen LogP contribution in [-0.2, 0) is 14.8 Å². The number of halogens is 1. The average molecular weight is 453 g/mol. The molecule has 6 nitrogen and oxygen atoms in total. The lowest BCUT2D eigenvalue weighted by atomic mass is 10.1. The Hall–Kier alpha value is -1.74. The highest BCUT2D eigenvalue weighted by Crippen LogP contribution is 2.21. The van der Waals surface area contributed by atoms with Crippen LogP contribution in [0.4, 0.5) is 5.69 Å². The fraction of sp³-hybridized carbons (Fsp3) is 0.316. The number of anilines is 1. The molecule has 1 aliphatic heterocycles. The smallest absolute Gasteiger partial charge is 0.255 e. The highest BCUT2D eigenvalue weighted by molar-refractivity contribution is 9.10. The Morgan fingerprint density at radius 1 is 1.26 bits per heavy atom. The third kappa shape index (κ3) is 5.16. The molecule has 3 rings (SSSR count). The summed E-state index contributed by atoms with van der Waals surface area (Å²) in [6.45, 7) is 2.78. The number of rotatable bonds is 6. The van der Waals surface area contributed by atoms with E-state index in [9.17, 15) is 13.2 Å². The van der Waals surface area contributed by atoms with E-state index in [-0.39, 0.29) is 29.0 Å². The number of ether oxygens (including phenoxy) is 1. The fourth-order valence-corrected chi connectivity index (χ4v) is 4.44. The van der Waals surface area contributed by atoms with Gasteiger partial charge >= 0.3 is 0 Å². The van der Waals surface area contributed by atoms with Crippen molar-refractivity contribution in [3.05, 3.63) is 58.1 Å². The van der Waals surface area contributed by atoms with Crippen LogP contribution >= 0.6 is 15.9 Å². The lowest BCUT2D eigenvalue weighted by Gasteiger charge is -2.12. The maximum atomic E-state index is 12.5. The number of carbonyl (C=O) groups excluding carboxylic acids is 1. The van der Waals surface area contributed by atoms with Crippen LogP contribution in [0.15, 0.2) is 51.8 Å². The number of nitrogens with one attached hydrogen (secondary N) is 2. The maximum absolute atomic E-state index is 12.5. The van der Waals surface area contributed by atoms with Crippen molar-refractivity contribution in [2.75, 3.05) is 18.5 Å². The topological polar surface area (TPSA) is 84.5 Å². The number of amides is 1. The zero-order valence-corrected chi connectivity index (χ0v) is 17.3. The standard InChI is InChI=1S/C19H21BrN2O4S/c1-13-10-15(20)7-8-18(13)22-19(23)14-4-2-6-17(11-14)27(24,25)21-12-16-5-3-9-26-16/h2,4,6-8,10-11,16,21H,3,5,9,12H2,1H3,(H,22,23)/t16-/m1/s1. The maximum Gasteiger partial charge on any atom is 0.255 e. The third-order valence-electron chi connectivity index (χ3n) is 4.37. The first-order chi connectivity index (χ1) is 12.8. The van der Waals surface area contributed by atoms with Gasteiger partial charge in [0.1, 0.15) is 0 Å². The number of sulfonamides is 1. The molecule has 1 fully saturated rings. The van der Waals surface area contributed by atoms with Gasteiger partial charge in [0.05, 0.1) is 11.0 Å². The van der Waals surface area contributed by atoms with Crippen LogP contribution in [0.2, 0.25) is 0 Å². The fourth-order valence-electron chi connectivity index (χ4n) is 2.86. The Labute approximate surface area is 167 Å². The summed E-state index contributed by atoms with van der Waals surface area (Å²) < 4.78 is 33.9. The third-order valence-corrected chi connectivity index (χ3v) is 6.28. The lowest BCUT2D eigenvalue weighted by Crippen LogP contribution is -2.32. The van der Waals surface area contributed by atoms with Crippen LogP contribution in [0.25, 0.3) is 0 Å². The Balaban J connectivity index is 1.72. The molecule has 1 aliphatic rings. The molecule has 0 unspecified atom stereocenters. The SMILES string of the molecule is Cc1cc(Br)ccc1NC(=O)c1cccc(S(=O)(=O)NC[C@H]2CCCO2)c1. The minimum Gasteiger partial charge on any atom is -0.377 e. The van der Waals surface area contributed by atoms with E-state index in [1.165, 1.54) is 12.1 Å². The number of aryl methyl sites for hydroxylation is 1. The largest absolute Gasteiger partial charge is 0.377 e. The zero-order valence-electron chi connectivity index (χ0n) is 14.9. The van der Waals surface area contributed by atoms with Crippen molar-refractivity contribution in [2.24, 2.45) is 0 Å². The van der Waals surface area contributed by atoms with E-state index in [4.69, 9.17) is 4.74 Å². The molecule has 1 atom stereocenters. The predicted octanol–water partition coefficient (Wildman–Crippen LogP) is 3.47. The summed E-state index contributed by atoms with van der Waals surface area (Å²) in [5, 5.41) is 2.81. The first kappa shape index (κ1) is 20.0. The van der Waals surface area contributed by atoms with Crippen LogP contribution in [0.5, 0.6) is 0 Å². The molecule has 27 heavy (non-hydrogen) atoms. The molecule has 1 saturated heterocycles. The van der Waals surface area contributed by atoms with E-state index in [0.717, 1.165) is 22.9 Å². The van der Waals surface area contributed by atoms with Crippen molar-refractivity contribution in [2.45, 2.75) is 30.8 Å². The minimum atomic E-state index is -3.71. The number of hydrogen-bond acceptors (Lipinski definition) is 4. The Bertz CT molecular complexity index is 940. The predicted molar refractivity (Wildman–Crippen MR) is 107 cm³/mol. The van der Waals surface area contributed by atoms with Crippen LogP contribution in [0, 0.1) is 6.92 Å². The Kier molecular flexibility index (Phi) is 6.31. The van der Waals surface area contributed by atoms with Gasteiger partial charge in [0.15, 0.2) is 0 Å². The highest BCUT2D eigenvalue weighted by Gasteiger charge is 2.21. The molecule has 144 valence electrons. The second-order valence-corrected chi connectivity index (χ2v) is 9.11. The zero-order chi connectivity index (χ0) is 19.4. The monoisotopic (exact) mass is 452 g/mol. The van der Waals surface area contributed by atoms with E-state index >= 15 is 0 Å². The molecule has 1 heterocycles. The molecule has 2 N–H and O–H groups in total. The average Bonchev–Trinajstić information content (AvgIpc) is 3.16. The lowest BCUT2D eigenvalue weighted by molar-refractivity contribution is 0.102. The summed E-state index contributed by atoms with van der Waals surface area (Å²) in [5.74, 6) is -0.364. The number of hydrogen-bond donors (Lipinski definition) is 2. The number of carbonyl (C=O) groups is 1. The van der Waals surface area contributed by atoms with E-state index in [0.29, 0.717) is 12.3 Å². The molecular formula is C19H21BrN2O4S. The normalized spacial score (nSPS) is 17.0. The molecule has 2 aromatic rings. The molecular weight excluding hydrogens is 432 g/mol.